The highest BCUT2D eigenvalue weighted by Crippen LogP contribution is 2.57. The molecule has 0 saturated carbocycles. The zero-order valence-corrected chi connectivity index (χ0v) is 28.8. The summed E-state index contributed by atoms with van der Waals surface area (Å²) in [6.07, 6.45) is 0. The molecule has 1 nitrogen and oxygen atoms in total. The highest BCUT2D eigenvalue weighted by molar-refractivity contribution is 5.96. The minimum Gasteiger partial charge on any atom is -0.355 e. The molecule has 0 radical (unpaired) electrons. The second-order valence-electron chi connectivity index (χ2n) is 14.6. The predicted octanol–water partition coefficient (Wildman–Crippen LogP) is 12.9. The Morgan fingerprint density at radius 1 is 0.392 bits per heavy atom. The molecule has 0 saturated heterocycles. The van der Waals surface area contributed by atoms with Crippen molar-refractivity contribution >= 4 is 22.1 Å². The molecule has 51 heavy (non-hydrogen) atoms. The molecule has 0 heterocycles. The van der Waals surface area contributed by atoms with E-state index in [1.807, 2.05) is 0 Å². The van der Waals surface area contributed by atoms with Crippen molar-refractivity contribution < 1.29 is 0 Å². The van der Waals surface area contributed by atoms with E-state index in [9.17, 15) is 0 Å². The Balaban J connectivity index is 1.19. The summed E-state index contributed by atoms with van der Waals surface area (Å²) in [5.74, 6) is 0. The van der Waals surface area contributed by atoms with E-state index in [2.05, 4.69) is 201 Å². The third kappa shape index (κ3) is 4.34. The summed E-state index contributed by atoms with van der Waals surface area (Å²) in [6, 6.07) is 67.3. The van der Waals surface area contributed by atoms with Crippen LogP contribution in [0.1, 0.15) is 47.2 Å². The largest absolute Gasteiger partial charge is 0.355 e. The van der Waals surface area contributed by atoms with Crippen molar-refractivity contribution in [2.24, 2.45) is 0 Å². The molecule has 8 aromatic rings. The molecule has 0 fully saturated rings. The fraction of sp³-hybridized carbons (Fsp3) is 0.0800. The fourth-order valence-electron chi connectivity index (χ4n) is 9.14. The monoisotopic (exact) mass is 651 g/mol. The Hall–Kier alpha value is -6.18. The van der Waals surface area contributed by atoms with Gasteiger partial charge in [-0.3, -0.25) is 0 Å². The Kier molecular flexibility index (Phi) is 6.51. The van der Waals surface area contributed by atoms with E-state index >= 15 is 0 Å². The molecule has 0 bridgehead atoms. The Bertz CT molecular complexity index is 2630. The van der Waals surface area contributed by atoms with E-state index in [4.69, 9.17) is 0 Å². The van der Waals surface area contributed by atoms with Crippen molar-refractivity contribution in [1.29, 1.82) is 0 Å². The van der Waals surface area contributed by atoms with Crippen molar-refractivity contribution in [3.05, 3.63) is 215 Å². The van der Waals surface area contributed by atoms with Crippen LogP contribution in [0.15, 0.2) is 182 Å². The second-order valence-corrected chi connectivity index (χ2v) is 14.6. The van der Waals surface area contributed by atoms with Gasteiger partial charge in [0.1, 0.15) is 0 Å². The van der Waals surface area contributed by atoms with Gasteiger partial charge < -0.3 is 5.32 Å². The van der Waals surface area contributed by atoms with Crippen LogP contribution in [0.25, 0.3) is 44.2 Å². The minimum absolute atomic E-state index is 0.0541. The van der Waals surface area contributed by atoms with E-state index in [-0.39, 0.29) is 5.41 Å². The van der Waals surface area contributed by atoms with Crippen LogP contribution in [0.5, 0.6) is 0 Å². The molecule has 242 valence electrons. The molecule has 0 aromatic heterocycles. The van der Waals surface area contributed by atoms with Gasteiger partial charge in [-0.25, -0.2) is 0 Å². The van der Waals surface area contributed by atoms with E-state index < -0.39 is 5.41 Å². The summed E-state index contributed by atoms with van der Waals surface area (Å²) < 4.78 is 0. The summed E-state index contributed by atoms with van der Waals surface area (Å²) in [4.78, 5) is 0. The molecule has 2 aliphatic carbocycles. The lowest BCUT2D eigenvalue weighted by Gasteiger charge is -2.34. The number of anilines is 2. The molecule has 0 amide bonds. The normalized spacial score (nSPS) is 16.3. The molecule has 0 aliphatic heterocycles. The van der Waals surface area contributed by atoms with Crippen molar-refractivity contribution in [3.8, 4) is 33.4 Å². The summed E-state index contributed by atoms with van der Waals surface area (Å²) >= 11 is 0. The van der Waals surface area contributed by atoms with Crippen LogP contribution in [0.3, 0.4) is 0 Å². The van der Waals surface area contributed by atoms with Gasteiger partial charge in [0, 0.05) is 22.4 Å². The lowest BCUT2D eigenvalue weighted by Crippen LogP contribution is -2.28. The smallest absolute Gasteiger partial charge is 0.0714 e. The maximum Gasteiger partial charge on any atom is 0.0714 e. The van der Waals surface area contributed by atoms with E-state index in [0.29, 0.717) is 0 Å². The Morgan fingerprint density at radius 3 is 1.82 bits per heavy atom. The molecule has 8 aromatic carbocycles. The van der Waals surface area contributed by atoms with Crippen LogP contribution in [0, 0.1) is 0 Å². The molecule has 10 rings (SSSR count). The van der Waals surface area contributed by atoms with Crippen LogP contribution in [-0.4, -0.2) is 0 Å². The van der Waals surface area contributed by atoms with Crippen LogP contribution in [0.4, 0.5) is 11.4 Å². The minimum atomic E-state index is -0.518. The molecule has 1 unspecified atom stereocenters. The zero-order chi connectivity index (χ0) is 34.2. The van der Waals surface area contributed by atoms with E-state index in [1.165, 1.54) is 77.5 Å². The zero-order valence-electron chi connectivity index (χ0n) is 28.8. The van der Waals surface area contributed by atoms with Gasteiger partial charge in [-0.2, -0.15) is 0 Å². The molecular weight excluding hydrogens is 615 g/mol. The Labute approximate surface area is 299 Å². The highest BCUT2D eigenvalue weighted by Gasteiger charge is 2.46. The van der Waals surface area contributed by atoms with E-state index in [1.54, 1.807) is 0 Å². The first kappa shape index (κ1) is 29.7. The van der Waals surface area contributed by atoms with Gasteiger partial charge in [0.05, 0.1) is 5.41 Å². The van der Waals surface area contributed by atoms with Crippen molar-refractivity contribution in [3.63, 3.8) is 0 Å². The maximum atomic E-state index is 3.92. The summed E-state index contributed by atoms with van der Waals surface area (Å²) in [5.41, 5.74) is 17.2. The number of benzene rings is 8. The molecular formula is C50H37N. The predicted molar refractivity (Wildman–Crippen MR) is 214 cm³/mol. The fourth-order valence-corrected chi connectivity index (χ4v) is 9.14. The highest BCUT2D eigenvalue weighted by atomic mass is 14.9. The summed E-state index contributed by atoms with van der Waals surface area (Å²) in [5, 5.41) is 6.44. The van der Waals surface area contributed by atoms with Gasteiger partial charge >= 0.3 is 0 Å². The average molecular weight is 652 g/mol. The lowest BCUT2D eigenvalue weighted by atomic mass is 9.67. The first-order valence-electron chi connectivity index (χ1n) is 17.9. The quantitative estimate of drug-likeness (QED) is 0.195. The average Bonchev–Trinajstić information content (AvgIpc) is 3.60. The first-order valence-corrected chi connectivity index (χ1v) is 17.9. The topological polar surface area (TPSA) is 12.0 Å². The van der Waals surface area contributed by atoms with Crippen molar-refractivity contribution in [2.75, 3.05) is 5.32 Å². The number of hydrogen-bond acceptors (Lipinski definition) is 1. The van der Waals surface area contributed by atoms with Crippen LogP contribution < -0.4 is 5.32 Å². The van der Waals surface area contributed by atoms with Gasteiger partial charge in [0.15, 0.2) is 0 Å². The van der Waals surface area contributed by atoms with E-state index in [0.717, 1.165) is 11.4 Å². The number of nitrogens with one attached hydrogen (secondary N) is 1. The van der Waals surface area contributed by atoms with Crippen LogP contribution in [0.2, 0.25) is 0 Å². The lowest BCUT2D eigenvalue weighted by molar-refractivity contribution is 0.660. The molecule has 1 N–H and O–H groups in total. The summed E-state index contributed by atoms with van der Waals surface area (Å²) in [6.45, 7) is 4.68. The molecule has 1 heteroatoms. The van der Waals surface area contributed by atoms with Gasteiger partial charge in [-0.15, -0.1) is 0 Å². The Morgan fingerprint density at radius 2 is 1.02 bits per heavy atom. The number of hydrogen-bond donors (Lipinski definition) is 1. The van der Waals surface area contributed by atoms with Crippen molar-refractivity contribution in [2.45, 2.75) is 24.7 Å². The maximum absolute atomic E-state index is 3.92. The van der Waals surface area contributed by atoms with Gasteiger partial charge in [-0.05, 0) is 102 Å². The second kappa shape index (κ2) is 11.2. The molecule has 2 aliphatic rings. The SMILES string of the molecule is CC1(C)c2ccccc2-c2c(Nc3cccc(C4(c5ccc(-c6ccccc6)cc5)c5ccccc5-c5cc6ccccc6cc54)c3)cccc21. The van der Waals surface area contributed by atoms with Gasteiger partial charge in [0.25, 0.3) is 0 Å². The molecule has 1 atom stereocenters. The van der Waals surface area contributed by atoms with Crippen LogP contribution in [-0.2, 0) is 10.8 Å². The first-order chi connectivity index (χ1) is 25.0. The van der Waals surface area contributed by atoms with Gasteiger partial charge in [0.2, 0.25) is 0 Å². The van der Waals surface area contributed by atoms with Gasteiger partial charge in [-0.1, -0.05) is 166 Å². The van der Waals surface area contributed by atoms with Crippen molar-refractivity contribution in [1.82, 2.24) is 0 Å². The van der Waals surface area contributed by atoms with Crippen LogP contribution >= 0.6 is 0 Å². The standard InChI is InChI=1S/C50H37N/c1-49(2)43-22-10-9-21-41(43)48-45(49)24-13-25-47(48)51-39-19-12-18-38(32-39)50(37-28-26-34(27-29-37)33-14-4-3-5-15-33)44-23-11-8-20-40(44)42-30-35-16-6-7-17-36(35)31-46(42)50/h3-32,51H,1-2H3. The third-order valence-corrected chi connectivity index (χ3v) is 11.5. The summed E-state index contributed by atoms with van der Waals surface area (Å²) in [7, 11) is 0. The number of fused-ring (bicyclic) bond motifs is 7. The molecule has 0 spiro atoms. The third-order valence-electron chi connectivity index (χ3n) is 11.5. The number of rotatable bonds is 5.